The third-order valence-electron chi connectivity index (χ3n) is 7.23. The summed E-state index contributed by atoms with van der Waals surface area (Å²) in [6, 6.07) is 9.31. The Kier molecular flexibility index (Phi) is 7.96. The quantitative estimate of drug-likeness (QED) is 0.444. The molecule has 2 amide bonds. The Morgan fingerprint density at radius 1 is 1.14 bits per heavy atom. The Hall–Kier alpha value is -3.36. The third-order valence-corrected chi connectivity index (χ3v) is 7.23. The molecule has 0 radical (unpaired) electrons. The molecule has 2 aliphatic rings. The van der Waals surface area contributed by atoms with Crippen LogP contribution in [0.5, 0.6) is 5.75 Å². The normalized spacial score (nSPS) is 20.4. The topological polar surface area (TPSA) is 103 Å². The van der Waals surface area contributed by atoms with E-state index < -0.39 is 11.5 Å². The molecule has 1 aliphatic carbocycles. The number of nitrogens with one attached hydrogen (secondary N) is 1. The van der Waals surface area contributed by atoms with Crippen LogP contribution in [0.4, 0.5) is 0 Å². The van der Waals surface area contributed by atoms with Crippen LogP contribution in [0.1, 0.15) is 78.9 Å². The lowest BCUT2D eigenvalue weighted by molar-refractivity contribution is -0.133. The number of fused-ring (bicyclic) bond motifs is 1. The molecule has 0 saturated heterocycles. The molecule has 1 N–H and O–H groups in total. The number of aromatic nitrogens is 2. The van der Waals surface area contributed by atoms with E-state index >= 15 is 0 Å². The van der Waals surface area contributed by atoms with Crippen molar-refractivity contribution in [3.63, 3.8) is 0 Å². The number of esters is 1. The zero-order chi connectivity index (χ0) is 25.7. The Morgan fingerprint density at radius 2 is 1.83 bits per heavy atom. The number of carbonyl (C=O) groups is 3. The van der Waals surface area contributed by atoms with Crippen LogP contribution >= 0.6 is 0 Å². The lowest BCUT2D eigenvalue weighted by Crippen LogP contribution is -2.65. The van der Waals surface area contributed by atoms with E-state index in [0.29, 0.717) is 19.6 Å². The lowest BCUT2D eigenvalue weighted by atomic mass is 9.93. The fraction of sp³-hybridized carbons (Fsp3) is 0.556. The maximum Gasteiger partial charge on any atom is 0.358 e. The van der Waals surface area contributed by atoms with E-state index in [1.54, 1.807) is 11.8 Å². The van der Waals surface area contributed by atoms with Gasteiger partial charge in [-0.15, -0.1) is 0 Å². The molecule has 0 unspecified atom stereocenters. The highest BCUT2D eigenvalue weighted by atomic mass is 16.5. The van der Waals surface area contributed by atoms with Crippen LogP contribution < -0.4 is 10.1 Å². The number of rotatable bonds is 8. The Morgan fingerprint density at radius 3 is 2.47 bits per heavy atom. The maximum absolute atomic E-state index is 13.7. The van der Waals surface area contributed by atoms with Crippen LogP contribution in [0.2, 0.25) is 0 Å². The van der Waals surface area contributed by atoms with Gasteiger partial charge in [-0.2, -0.15) is 5.10 Å². The summed E-state index contributed by atoms with van der Waals surface area (Å²) >= 11 is 0. The van der Waals surface area contributed by atoms with E-state index in [0.717, 1.165) is 37.0 Å². The number of hydrogen-bond donors (Lipinski definition) is 1. The molecule has 1 aromatic heterocycles. The molecule has 1 fully saturated rings. The molecule has 9 nitrogen and oxygen atoms in total. The van der Waals surface area contributed by atoms with Crippen molar-refractivity contribution in [2.75, 3.05) is 20.3 Å². The van der Waals surface area contributed by atoms with E-state index in [1.807, 2.05) is 31.2 Å². The monoisotopic (exact) mass is 496 g/mol. The summed E-state index contributed by atoms with van der Waals surface area (Å²) in [5.41, 5.74) is 0.218. The standard InChI is InChI=1S/C27H36N4O5/c1-4-36-21-13-11-19(12-14-21)15-16-30-24(32)23-17-22(25(33)35-3)29-31(23)18-27(30,2)26(34)28-20-9-7-5-6-8-10-20/h11-14,17,20H,4-10,15-16,18H2,1-3H3,(H,28,34)/t27-/m0/s1. The van der Waals surface area contributed by atoms with E-state index in [-0.39, 0.29) is 35.8 Å². The number of carbonyl (C=O) groups excluding carboxylic acids is 3. The van der Waals surface area contributed by atoms with Crippen LogP contribution in [0.15, 0.2) is 30.3 Å². The maximum atomic E-state index is 13.7. The van der Waals surface area contributed by atoms with Crippen LogP contribution in [0, 0.1) is 0 Å². The van der Waals surface area contributed by atoms with E-state index in [2.05, 4.69) is 10.4 Å². The van der Waals surface area contributed by atoms with Gasteiger partial charge in [-0.3, -0.25) is 14.3 Å². The second-order valence-corrected chi connectivity index (χ2v) is 9.78. The van der Waals surface area contributed by atoms with Crippen molar-refractivity contribution in [3.8, 4) is 5.75 Å². The average molecular weight is 497 g/mol. The van der Waals surface area contributed by atoms with Gasteiger partial charge in [0.15, 0.2) is 5.69 Å². The van der Waals surface area contributed by atoms with Gasteiger partial charge in [-0.25, -0.2) is 4.79 Å². The minimum atomic E-state index is -1.15. The first-order valence-electron chi connectivity index (χ1n) is 12.9. The lowest BCUT2D eigenvalue weighted by Gasteiger charge is -2.44. The summed E-state index contributed by atoms with van der Waals surface area (Å²) in [4.78, 5) is 41.1. The van der Waals surface area contributed by atoms with Crippen LogP contribution in [0.25, 0.3) is 0 Å². The van der Waals surface area contributed by atoms with Crippen LogP contribution in [-0.2, 0) is 22.5 Å². The minimum Gasteiger partial charge on any atom is -0.494 e. The van der Waals surface area contributed by atoms with Crippen molar-refractivity contribution in [3.05, 3.63) is 47.3 Å². The Labute approximate surface area is 212 Å². The van der Waals surface area contributed by atoms with Crippen LogP contribution in [0.3, 0.4) is 0 Å². The Balaban J connectivity index is 1.59. The highest BCUT2D eigenvalue weighted by Crippen LogP contribution is 2.29. The zero-order valence-corrected chi connectivity index (χ0v) is 21.4. The molecule has 4 rings (SSSR count). The molecule has 0 bridgehead atoms. The molecule has 1 aliphatic heterocycles. The Bertz CT molecular complexity index is 1090. The molecule has 36 heavy (non-hydrogen) atoms. The first kappa shape index (κ1) is 25.7. The van der Waals surface area contributed by atoms with Gasteiger partial charge in [0.2, 0.25) is 5.91 Å². The average Bonchev–Trinajstić information content (AvgIpc) is 3.13. The summed E-state index contributed by atoms with van der Waals surface area (Å²) in [7, 11) is 1.27. The molecule has 1 aromatic carbocycles. The molecule has 9 heteroatoms. The van der Waals surface area contributed by atoms with Gasteiger partial charge in [0.1, 0.15) is 17.0 Å². The first-order valence-corrected chi connectivity index (χ1v) is 12.9. The fourth-order valence-corrected chi connectivity index (χ4v) is 5.12. The second kappa shape index (κ2) is 11.1. The van der Waals surface area contributed by atoms with Gasteiger partial charge in [-0.05, 0) is 50.8 Å². The molecule has 2 aromatic rings. The summed E-state index contributed by atoms with van der Waals surface area (Å²) in [6.07, 6.45) is 7.01. The summed E-state index contributed by atoms with van der Waals surface area (Å²) in [5, 5.41) is 7.52. The third kappa shape index (κ3) is 5.39. The molecule has 2 heterocycles. The molecule has 194 valence electrons. The zero-order valence-electron chi connectivity index (χ0n) is 21.4. The number of amides is 2. The van der Waals surface area contributed by atoms with Crippen molar-refractivity contribution >= 4 is 17.8 Å². The van der Waals surface area contributed by atoms with Crippen LogP contribution in [-0.4, -0.2) is 64.3 Å². The van der Waals surface area contributed by atoms with Gasteiger partial charge in [0.25, 0.3) is 5.91 Å². The molecular formula is C27H36N4O5. The second-order valence-electron chi connectivity index (χ2n) is 9.78. The summed E-state index contributed by atoms with van der Waals surface area (Å²) in [6.45, 7) is 4.83. The summed E-state index contributed by atoms with van der Waals surface area (Å²) in [5.74, 6) is -0.332. The van der Waals surface area contributed by atoms with Gasteiger partial charge in [-0.1, -0.05) is 37.8 Å². The van der Waals surface area contributed by atoms with Gasteiger partial charge in [0, 0.05) is 18.7 Å². The smallest absolute Gasteiger partial charge is 0.358 e. The molecule has 1 atom stereocenters. The van der Waals surface area contributed by atoms with E-state index in [1.165, 1.54) is 30.7 Å². The minimum absolute atomic E-state index is 0.0562. The number of methoxy groups -OCH3 is 1. The summed E-state index contributed by atoms with van der Waals surface area (Å²) < 4.78 is 11.8. The van der Waals surface area contributed by atoms with Crippen molar-refractivity contribution in [1.82, 2.24) is 20.0 Å². The van der Waals surface area contributed by atoms with Gasteiger partial charge >= 0.3 is 5.97 Å². The first-order chi connectivity index (χ1) is 17.4. The highest BCUT2D eigenvalue weighted by molar-refractivity contribution is 6.01. The van der Waals surface area contributed by atoms with E-state index in [4.69, 9.17) is 9.47 Å². The number of nitrogens with zero attached hydrogens (tertiary/aromatic N) is 3. The van der Waals surface area contributed by atoms with E-state index in [9.17, 15) is 14.4 Å². The predicted octanol–water partition coefficient (Wildman–Crippen LogP) is 3.36. The van der Waals surface area contributed by atoms with Gasteiger partial charge in [0.05, 0.1) is 20.3 Å². The fourth-order valence-electron chi connectivity index (χ4n) is 5.12. The van der Waals surface area contributed by atoms with Crippen molar-refractivity contribution in [1.29, 1.82) is 0 Å². The largest absolute Gasteiger partial charge is 0.494 e. The SMILES string of the molecule is CCOc1ccc(CCN2C(=O)c3cc(C(=O)OC)nn3C[C@@]2(C)C(=O)NC2CCCCCC2)cc1. The number of hydrogen-bond acceptors (Lipinski definition) is 6. The van der Waals surface area contributed by atoms with Gasteiger partial charge < -0.3 is 19.7 Å². The molecule has 0 spiro atoms. The molecular weight excluding hydrogens is 460 g/mol. The van der Waals surface area contributed by atoms with Crippen molar-refractivity contribution < 1.29 is 23.9 Å². The number of benzene rings is 1. The predicted molar refractivity (Wildman–Crippen MR) is 134 cm³/mol. The highest BCUT2D eigenvalue weighted by Gasteiger charge is 2.48. The number of ether oxygens (including phenoxy) is 2. The molecule has 1 saturated carbocycles. The van der Waals surface area contributed by atoms with Crippen molar-refractivity contribution in [2.24, 2.45) is 0 Å². The van der Waals surface area contributed by atoms with Crippen molar-refractivity contribution in [2.45, 2.75) is 76.9 Å².